The van der Waals surface area contributed by atoms with Crippen LogP contribution in [-0.4, -0.2) is 47.9 Å². The summed E-state index contributed by atoms with van der Waals surface area (Å²) in [5.74, 6) is 1.06. The predicted octanol–water partition coefficient (Wildman–Crippen LogP) is 0.377. The van der Waals surface area contributed by atoms with E-state index in [1.54, 1.807) is 23.5 Å². The molecule has 0 spiro atoms. The van der Waals surface area contributed by atoms with E-state index in [0.29, 0.717) is 23.9 Å². The van der Waals surface area contributed by atoms with Crippen LogP contribution in [0.25, 0.3) is 11.5 Å². The number of H-pyrrole nitrogens is 1. The van der Waals surface area contributed by atoms with Crippen molar-refractivity contribution in [2.45, 2.75) is 19.8 Å². The van der Waals surface area contributed by atoms with Gasteiger partial charge >= 0.3 is 0 Å². The summed E-state index contributed by atoms with van der Waals surface area (Å²) in [6.07, 6.45) is 6.73. The number of aromatic nitrogens is 7. The van der Waals surface area contributed by atoms with E-state index in [2.05, 4.69) is 25.4 Å². The molecule has 1 N–H and O–H groups in total. The Morgan fingerprint density at radius 2 is 2.12 bits per heavy atom. The molecule has 0 bridgehead atoms. The van der Waals surface area contributed by atoms with Crippen LogP contribution < -0.4 is 10.6 Å². The average molecular weight is 328 g/mol. The molecule has 0 aliphatic carbocycles. The van der Waals surface area contributed by atoms with Crippen LogP contribution in [0.1, 0.15) is 18.5 Å². The summed E-state index contributed by atoms with van der Waals surface area (Å²) in [4.78, 5) is 26.6. The topological polar surface area (TPSA) is 107 Å². The number of nitrogens with one attached hydrogen (secondary N) is 1. The molecule has 1 aliphatic rings. The molecule has 0 radical (unpaired) electrons. The van der Waals surface area contributed by atoms with Crippen LogP contribution in [0.15, 0.2) is 29.6 Å². The lowest BCUT2D eigenvalue weighted by Crippen LogP contribution is -2.31. The van der Waals surface area contributed by atoms with Crippen molar-refractivity contribution >= 4 is 5.82 Å². The van der Waals surface area contributed by atoms with Crippen LogP contribution >= 0.6 is 0 Å². The Labute approximate surface area is 136 Å². The van der Waals surface area contributed by atoms with Crippen molar-refractivity contribution in [2.24, 2.45) is 0 Å². The van der Waals surface area contributed by atoms with Gasteiger partial charge in [-0.05, 0) is 19.8 Å². The van der Waals surface area contributed by atoms with E-state index < -0.39 is 0 Å². The van der Waals surface area contributed by atoms with Gasteiger partial charge in [-0.3, -0.25) is 14.7 Å². The zero-order valence-electron chi connectivity index (χ0n) is 13.1. The lowest BCUT2D eigenvalue weighted by Gasteiger charge is -2.26. The summed E-state index contributed by atoms with van der Waals surface area (Å²) in [5, 5.41) is 12.4. The first-order chi connectivity index (χ1) is 11.7. The molecule has 0 aromatic carbocycles. The van der Waals surface area contributed by atoms with Gasteiger partial charge in [0.05, 0.1) is 24.7 Å². The average Bonchev–Trinajstić information content (AvgIpc) is 3.21. The highest BCUT2D eigenvalue weighted by molar-refractivity contribution is 5.42. The SMILES string of the molecule is Cc1cn(-c2c[nH]n(-c3cc(N4CCCCO4)ncn3)c2=O)nn1. The van der Waals surface area contributed by atoms with Crippen LogP contribution in [0.2, 0.25) is 0 Å². The molecule has 0 amide bonds. The number of hydrogen-bond donors (Lipinski definition) is 1. The summed E-state index contributed by atoms with van der Waals surface area (Å²) in [7, 11) is 0. The highest BCUT2D eigenvalue weighted by Gasteiger charge is 2.16. The number of aryl methyl sites for hydroxylation is 1. The van der Waals surface area contributed by atoms with Crippen molar-refractivity contribution in [3.05, 3.63) is 40.8 Å². The maximum Gasteiger partial charge on any atom is 0.298 e. The third-order valence-electron chi connectivity index (χ3n) is 3.73. The van der Waals surface area contributed by atoms with E-state index in [0.717, 1.165) is 25.1 Å². The van der Waals surface area contributed by atoms with Gasteiger partial charge in [0.15, 0.2) is 17.3 Å². The van der Waals surface area contributed by atoms with Gasteiger partial charge in [-0.1, -0.05) is 5.21 Å². The Balaban J connectivity index is 1.69. The summed E-state index contributed by atoms with van der Waals surface area (Å²) in [6, 6.07) is 1.71. The maximum absolute atomic E-state index is 12.6. The smallest absolute Gasteiger partial charge is 0.295 e. The highest BCUT2D eigenvalue weighted by atomic mass is 16.7. The quantitative estimate of drug-likeness (QED) is 0.740. The Bertz CT molecular complexity index is 905. The Morgan fingerprint density at radius 1 is 1.25 bits per heavy atom. The molecule has 0 atom stereocenters. The van der Waals surface area contributed by atoms with E-state index in [1.807, 2.05) is 6.92 Å². The fraction of sp³-hybridized carbons (Fsp3) is 0.357. The third-order valence-corrected chi connectivity index (χ3v) is 3.73. The maximum atomic E-state index is 12.6. The molecular formula is C14H16N8O2. The van der Waals surface area contributed by atoms with E-state index in [4.69, 9.17) is 4.84 Å². The molecule has 10 nitrogen and oxygen atoms in total. The van der Waals surface area contributed by atoms with Crippen molar-refractivity contribution < 1.29 is 4.84 Å². The van der Waals surface area contributed by atoms with Crippen LogP contribution in [0.4, 0.5) is 5.82 Å². The monoisotopic (exact) mass is 328 g/mol. The number of anilines is 1. The number of rotatable bonds is 3. The standard InChI is InChI=1S/C14H16N8O2/c1-10-8-20(19-18-10)11-7-17-22(14(11)23)13-6-12(15-9-16-13)21-4-2-3-5-24-21/h6-9,17H,2-5H2,1H3. The Kier molecular flexibility index (Phi) is 3.58. The van der Waals surface area contributed by atoms with Crippen LogP contribution in [0.5, 0.6) is 0 Å². The first-order valence-corrected chi connectivity index (χ1v) is 7.65. The molecule has 4 rings (SSSR count). The molecule has 0 saturated carbocycles. The number of hydroxylamine groups is 1. The van der Waals surface area contributed by atoms with Gasteiger partial charge in [-0.15, -0.1) is 5.10 Å². The molecule has 3 aromatic rings. The van der Waals surface area contributed by atoms with Crippen LogP contribution in [-0.2, 0) is 4.84 Å². The molecule has 1 aliphatic heterocycles. The van der Waals surface area contributed by atoms with Crippen molar-refractivity contribution in [3.63, 3.8) is 0 Å². The normalized spacial score (nSPS) is 15.0. The van der Waals surface area contributed by atoms with Crippen molar-refractivity contribution in [3.8, 4) is 11.5 Å². The van der Waals surface area contributed by atoms with E-state index in [-0.39, 0.29) is 5.56 Å². The van der Waals surface area contributed by atoms with Gasteiger partial charge in [0.2, 0.25) is 0 Å². The zero-order valence-corrected chi connectivity index (χ0v) is 13.1. The minimum Gasteiger partial charge on any atom is -0.295 e. The second-order valence-corrected chi connectivity index (χ2v) is 5.48. The van der Waals surface area contributed by atoms with Gasteiger partial charge in [-0.25, -0.2) is 19.7 Å². The fourth-order valence-corrected chi connectivity index (χ4v) is 2.53. The first kappa shape index (κ1) is 14.6. The van der Waals surface area contributed by atoms with Gasteiger partial charge in [-0.2, -0.15) is 4.68 Å². The predicted molar refractivity (Wildman–Crippen MR) is 84.2 cm³/mol. The lowest BCUT2D eigenvalue weighted by molar-refractivity contribution is 0.0761. The first-order valence-electron chi connectivity index (χ1n) is 7.65. The van der Waals surface area contributed by atoms with Gasteiger partial charge in [0.25, 0.3) is 5.56 Å². The zero-order chi connectivity index (χ0) is 16.5. The molecule has 3 aromatic heterocycles. The number of hydrogen-bond acceptors (Lipinski definition) is 7. The van der Waals surface area contributed by atoms with E-state index in [9.17, 15) is 4.79 Å². The minimum atomic E-state index is -0.274. The summed E-state index contributed by atoms with van der Waals surface area (Å²) < 4.78 is 2.77. The van der Waals surface area contributed by atoms with Crippen molar-refractivity contribution in [1.82, 2.24) is 34.7 Å². The third kappa shape index (κ3) is 2.56. The van der Waals surface area contributed by atoms with Gasteiger partial charge in [0, 0.05) is 12.6 Å². The molecule has 0 unspecified atom stereocenters. The minimum absolute atomic E-state index is 0.274. The Hall–Kier alpha value is -3.01. The number of aromatic amines is 1. The molecule has 1 fully saturated rings. The molecule has 10 heteroatoms. The summed E-state index contributed by atoms with van der Waals surface area (Å²) in [5.41, 5.74) is 0.822. The fourth-order valence-electron chi connectivity index (χ4n) is 2.53. The largest absolute Gasteiger partial charge is 0.298 e. The van der Waals surface area contributed by atoms with Gasteiger partial charge in [0.1, 0.15) is 6.33 Å². The van der Waals surface area contributed by atoms with E-state index in [1.165, 1.54) is 15.7 Å². The number of nitrogens with zero attached hydrogens (tertiary/aromatic N) is 7. The van der Waals surface area contributed by atoms with Crippen molar-refractivity contribution in [2.75, 3.05) is 18.2 Å². The summed E-state index contributed by atoms with van der Waals surface area (Å²) in [6.45, 7) is 3.24. The highest BCUT2D eigenvalue weighted by Crippen LogP contribution is 2.17. The lowest BCUT2D eigenvalue weighted by atomic mass is 10.3. The second kappa shape index (κ2) is 5.89. The molecule has 24 heavy (non-hydrogen) atoms. The Morgan fingerprint density at radius 3 is 2.88 bits per heavy atom. The summed E-state index contributed by atoms with van der Waals surface area (Å²) >= 11 is 0. The molecular weight excluding hydrogens is 312 g/mol. The molecule has 4 heterocycles. The van der Waals surface area contributed by atoms with Gasteiger partial charge < -0.3 is 0 Å². The second-order valence-electron chi connectivity index (χ2n) is 5.48. The van der Waals surface area contributed by atoms with E-state index >= 15 is 0 Å². The molecule has 124 valence electrons. The van der Waals surface area contributed by atoms with Crippen LogP contribution in [0.3, 0.4) is 0 Å². The molecule has 1 saturated heterocycles. The van der Waals surface area contributed by atoms with Crippen LogP contribution in [0, 0.1) is 6.92 Å². The van der Waals surface area contributed by atoms with Crippen molar-refractivity contribution in [1.29, 1.82) is 0 Å².